The van der Waals surface area contributed by atoms with E-state index < -0.39 is 0 Å². The molecule has 6 aromatic carbocycles. The van der Waals surface area contributed by atoms with Gasteiger partial charge in [0.1, 0.15) is 65.9 Å². The molecule has 18 nitrogen and oxygen atoms in total. The molecule has 4 N–H and O–H groups in total. The normalized spacial score (nSPS) is 15.1. The van der Waals surface area contributed by atoms with E-state index in [0.29, 0.717) is 45.4 Å². The summed E-state index contributed by atoms with van der Waals surface area (Å²) in [5.41, 5.74) is 10.7. The van der Waals surface area contributed by atoms with E-state index in [-0.39, 0.29) is 27.8 Å². The van der Waals surface area contributed by atoms with Crippen LogP contribution in [0.2, 0.25) is 0 Å². The number of likely N-dealkylation sites (tertiary alicyclic amines) is 3. The fourth-order valence-electron chi connectivity index (χ4n) is 14.3. The minimum atomic E-state index is -0.180. The second kappa shape index (κ2) is 37.3. The quantitative estimate of drug-likeness (QED) is 0.0440. The predicted octanol–water partition coefficient (Wildman–Crippen LogP) is 18.3. The molecule has 0 atom stereocenters. The highest BCUT2D eigenvalue weighted by Crippen LogP contribution is 2.45. The van der Waals surface area contributed by atoms with Crippen molar-refractivity contribution in [2.75, 3.05) is 102 Å². The Kier molecular flexibility index (Phi) is 27.1. The molecule has 4 saturated heterocycles. The topological polar surface area (TPSA) is 201 Å². The first-order valence-corrected chi connectivity index (χ1v) is 36.7. The molecule has 0 spiro atoms. The van der Waals surface area contributed by atoms with E-state index in [1.54, 1.807) is 12.7 Å². The van der Waals surface area contributed by atoms with Gasteiger partial charge in [-0.1, -0.05) is 144 Å². The largest absolute Gasteiger partial charge is 0.492 e. The Balaban J connectivity index is 0.000000166. The third-order valence-corrected chi connectivity index (χ3v) is 20.5. The lowest BCUT2D eigenvalue weighted by molar-refractivity contribution is 0.174. The average Bonchev–Trinajstić information content (AvgIpc) is 1.63. The third kappa shape index (κ3) is 19.0. The second-order valence-electron chi connectivity index (χ2n) is 26.4. The van der Waals surface area contributed by atoms with E-state index in [4.69, 9.17) is 27.7 Å². The SMILES string of the molecule is C.C.C.O=c1[nH]cnc2oc(I)c(-c3ccccc3)c12.c1ccc(-c2c(-c3ccc(OCCN4CCCC4)cc3)oc3ncnc(NCCC4CCNCC4)c23)cc1.c1ccc(CN2CCC(CCNc3ncnc4oc(-c5ccc(OCCN6CCCC6)cc5)c(-c5ccccc5)c34)CC2)cc1. The van der Waals surface area contributed by atoms with Gasteiger partial charge in [0.05, 0.1) is 17.1 Å². The minimum absolute atomic E-state index is 0. The molecule has 0 aliphatic carbocycles. The molecule has 4 aliphatic heterocycles. The van der Waals surface area contributed by atoms with Crippen LogP contribution in [0.5, 0.6) is 11.5 Å². The van der Waals surface area contributed by atoms with Crippen molar-refractivity contribution in [3.05, 3.63) is 209 Å². The van der Waals surface area contributed by atoms with Gasteiger partial charge in [0, 0.05) is 83.1 Å². The van der Waals surface area contributed by atoms with Crippen LogP contribution in [-0.4, -0.2) is 136 Å². The van der Waals surface area contributed by atoms with Crippen molar-refractivity contribution in [1.82, 2.24) is 49.9 Å². The summed E-state index contributed by atoms with van der Waals surface area (Å²) < 4.78 is 31.2. The lowest BCUT2D eigenvalue weighted by Gasteiger charge is -2.32. The standard InChI is InChI=1S/C38H43N5O2.C31H37N5O2.C12H7IN2O2.3CH4/c1-3-9-30(10-4-1)27-43-23-18-29(19-24-43)17-20-39-37-35-34(31-11-5-2-6-12-31)36(45-38(35)41-28-40-37)32-13-15-33(16-14-32)44-26-25-42-21-7-8-22-42;1-2-6-24(7-3-1)27-28-30(33-17-14-23-12-15-32-16-13-23)34-22-35-31(28)38-29(27)25-8-10-26(11-9-25)37-21-20-36-18-4-5-19-36;13-10-8(7-4-2-1-3-5-7)9-11(16)14-6-15-12(9)17-10;;;/h1-6,9-16,28-29H,7-8,17-27H2,(H,39,40,41);1-3,6-11,22-23,32H,4-5,12-21H2,(H,33,34,35);1-6H,(H,14,15,16);3*1H4. The molecule has 103 heavy (non-hydrogen) atoms. The predicted molar refractivity (Wildman–Crippen MR) is 427 cm³/mol. The highest BCUT2D eigenvalue weighted by molar-refractivity contribution is 14.1. The number of benzene rings is 6. The summed E-state index contributed by atoms with van der Waals surface area (Å²) in [5, 5.41) is 13.1. The molecule has 19 heteroatoms. The van der Waals surface area contributed by atoms with E-state index in [2.05, 4.69) is 181 Å². The van der Waals surface area contributed by atoms with Gasteiger partial charge in [0.2, 0.25) is 17.1 Å². The summed E-state index contributed by atoms with van der Waals surface area (Å²) in [5.74, 6) is 6.49. The van der Waals surface area contributed by atoms with Gasteiger partial charge in [-0.3, -0.25) is 19.5 Å². The molecule has 0 radical (unpaired) electrons. The van der Waals surface area contributed by atoms with Crippen LogP contribution in [0.4, 0.5) is 11.6 Å². The number of ether oxygens (including phenoxy) is 2. The van der Waals surface area contributed by atoms with E-state index >= 15 is 0 Å². The van der Waals surface area contributed by atoms with Crippen LogP contribution in [0, 0.1) is 15.6 Å². The summed E-state index contributed by atoms with van der Waals surface area (Å²) in [6, 6.07) is 57.8. The molecule has 12 aromatic rings. The minimum Gasteiger partial charge on any atom is -0.492 e. The molecule has 4 aliphatic rings. The smallest absolute Gasteiger partial charge is 0.262 e. The van der Waals surface area contributed by atoms with Crippen LogP contribution in [0.25, 0.3) is 89.3 Å². The molecule has 4 fully saturated rings. The second-order valence-corrected chi connectivity index (χ2v) is 27.3. The first-order chi connectivity index (χ1) is 49.4. The van der Waals surface area contributed by atoms with Crippen LogP contribution in [-0.2, 0) is 6.54 Å². The summed E-state index contributed by atoms with van der Waals surface area (Å²) in [6.45, 7) is 15.5. The first-order valence-electron chi connectivity index (χ1n) is 35.6. The fourth-order valence-corrected chi connectivity index (χ4v) is 15.1. The summed E-state index contributed by atoms with van der Waals surface area (Å²) in [4.78, 5) is 44.4. The van der Waals surface area contributed by atoms with Crippen LogP contribution >= 0.6 is 22.6 Å². The molecule has 0 saturated carbocycles. The van der Waals surface area contributed by atoms with Crippen LogP contribution in [0.1, 0.15) is 92.1 Å². The molecule has 538 valence electrons. The van der Waals surface area contributed by atoms with Gasteiger partial charge in [0.25, 0.3) is 5.56 Å². The van der Waals surface area contributed by atoms with Gasteiger partial charge in [-0.2, -0.15) is 0 Å². The van der Waals surface area contributed by atoms with Crippen molar-refractivity contribution in [3.63, 3.8) is 0 Å². The van der Waals surface area contributed by atoms with Crippen LogP contribution < -0.4 is 31.0 Å². The van der Waals surface area contributed by atoms with Crippen molar-refractivity contribution < 1.29 is 22.7 Å². The monoisotopic (exact) mass is 1500 g/mol. The maximum atomic E-state index is 11.8. The Bertz CT molecular complexity index is 4590. The molecular formula is C84H99IN12O6. The zero-order chi connectivity index (χ0) is 67.7. The Morgan fingerprint density at radius 3 is 1.35 bits per heavy atom. The number of hydrogen-bond acceptors (Lipinski definition) is 17. The zero-order valence-corrected chi connectivity index (χ0v) is 58.8. The number of anilines is 2. The molecule has 6 aromatic heterocycles. The average molecular weight is 1500 g/mol. The molecule has 16 rings (SSSR count). The van der Waals surface area contributed by atoms with Gasteiger partial charge >= 0.3 is 0 Å². The van der Waals surface area contributed by atoms with E-state index in [1.807, 2.05) is 66.7 Å². The number of furan rings is 3. The van der Waals surface area contributed by atoms with Crippen LogP contribution in [0.3, 0.4) is 0 Å². The number of fused-ring (bicyclic) bond motifs is 3. The van der Waals surface area contributed by atoms with Gasteiger partial charge < -0.3 is 43.7 Å². The van der Waals surface area contributed by atoms with Gasteiger partial charge in [-0.15, -0.1) is 0 Å². The van der Waals surface area contributed by atoms with Gasteiger partial charge in [-0.05, 0) is 199 Å². The summed E-state index contributed by atoms with van der Waals surface area (Å²) in [6.07, 6.45) is 16.9. The van der Waals surface area contributed by atoms with Crippen molar-refractivity contribution in [2.24, 2.45) is 11.8 Å². The Morgan fingerprint density at radius 2 is 0.883 bits per heavy atom. The third-order valence-electron chi connectivity index (χ3n) is 19.7. The van der Waals surface area contributed by atoms with E-state index in [1.165, 1.54) is 89.4 Å². The van der Waals surface area contributed by atoms with Crippen molar-refractivity contribution in [1.29, 1.82) is 0 Å². The number of aromatic amines is 1. The van der Waals surface area contributed by atoms with Crippen molar-refractivity contribution >= 4 is 67.5 Å². The van der Waals surface area contributed by atoms with Crippen molar-refractivity contribution in [3.8, 4) is 67.5 Å². The number of aromatic nitrogens is 6. The Labute approximate surface area is 619 Å². The maximum absolute atomic E-state index is 11.8. The van der Waals surface area contributed by atoms with E-state index in [9.17, 15) is 4.79 Å². The first kappa shape index (κ1) is 74.9. The number of halogens is 1. The van der Waals surface area contributed by atoms with Gasteiger partial charge in [0.15, 0.2) is 3.77 Å². The highest BCUT2D eigenvalue weighted by atomic mass is 127. The van der Waals surface area contributed by atoms with E-state index in [0.717, 1.165) is 168 Å². The highest BCUT2D eigenvalue weighted by Gasteiger charge is 2.27. The number of H-pyrrole nitrogens is 1. The molecule has 10 heterocycles. The van der Waals surface area contributed by atoms with Crippen LogP contribution in [0.15, 0.2) is 207 Å². The Morgan fingerprint density at radius 1 is 0.456 bits per heavy atom. The molecule has 0 amide bonds. The molecular weight excluding hydrogens is 1400 g/mol. The number of nitrogens with one attached hydrogen (secondary N) is 4. The molecule has 0 bridgehead atoms. The number of nitrogens with zero attached hydrogens (tertiary/aromatic N) is 8. The fraction of sp³-hybridized carbons (Fsp3) is 0.357. The summed E-state index contributed by atoms with van der Waals surface area (Å²) in [7, 11) is 0. The number of piperidine rings is 2. The summed E-state index contributed by atoms with van der Waals surface area (Å²) >= 11 is 2.07. The molecule has 0 unspecified atom stereocenters. The number of rotatable bonds is 23. The maximum Gasteiger partial charge on any atom is 0.262 e. The lowest BCUT2D eigenvalue weighted by atomic mass is 9.93. The lowest BCUT2D eigenvalue weighted by Crippen LogP contribution is -2.33. The Hall–Kier alpha value is -9.25. The number of hydrogen-bond donors (Lipinski definition) is 4. The van der Waals surface area contributed by atoms with Gasteiger partial charge in [-0.25, -0.2) is 24.9 Å². The zero-order valence-electron chi connectivity index (χ0n) is 56.6. The van der Waals surface area contributed by atoms with Crippen molar-refractivity contribution in [2.45, 2.75) is 93.0 Å².